The predicted molar refractivity (Wildman–Crippen MR) is 128 cm³/mol. The molecule has 4 unspecified atom stereocenters. The maximum absolute atomic E-state index is 13.6. The molecule has 2 heterocycles. The predicted octanol–water partition coefficient (Wildman–Crippen LogP) is 3.54. The topological polar surface area (TPSA) is 105 Å². The molecule has 184 valence electrons. The number of likely N-dealkylation sites (tertiary alicyclic amines) is 1. The quantitative estimate of drug-likeness (QED) is 0.658. The maximum Gasteiger partial charge on any atom is 0.408 e. The Kier molecular flexibility index (Phi) is 6.01. The van der Waals surface area contributed by atoms with Crippen molar-refractivity contribution < 1.29 is 29.0 Å². The molecule has 2 aromatic carbocycles. The van der Waals surface area contributed by atoms with Crippen molar-refractivity contribution >= 4 is 18.0 Å². The summed E-state index contributed by atoms with van der Waals surface area (Å²) in [5, 5.41) is 12.5. The molecule has 0 aromatic heterocycles. The van der Waals surface area contributed by atoms with Gasteiger partial charge in [0, 0.05) is 18.9 Å². The minimum atomic E-state index is -1.30. The molecular formula is C27H30N2O6. The number of carboxylic acid groups (broad SMARTS) is 1. The summed E-state index contributed by atoms with van der Waals surface area (Å²) in [7, 11) is 0. The van der Waals surface area contributed by atoms with Gasteiger partial charge in [-0.15, -0.1) is 0 Å². The molecule has 8 heteroatoms. The lowest BCUT2D eigenvalue weighted by atomic mass is 9.95. The number of ether oxygens (including phenoxy) is 2. The van der Waals surface area contributed by atoms with Gasteiger partial charge < -0.3 is 24.8 Å². The summed E-state index contributed by atoms with van der Waals surface area (Å²) >= 11 is 0. The first-order valence-electron chi connectivity index (χ1n) is 12.1. The smallest absolute Gasteiger partial charge is 0.408 e. The fourth-order valence-electron chi connectivity index (χ4n) is 5.69. The fraction of sp³-hybridized carbons (Fsp3) is 0.444. The molecule has 1 aliphatic carbocycles. The Bertz CT molecular complexity index is 1120. The molecule has 35 heavy (non-hydrogen) atoms. The molecule has 2 N–H and O–H groups in total. The maximum atomic E-state index is 13.6. The standard InChI is InChI=1S/C27H30N2O6/c1-3-27(2,25(32)29-21-12-13-34-23(21)14-22(29)24(30)31)28-26(33)35-15-20-18-10-6-4-8-16(18)17-9-5-7-11-19(17)20/h4-11,20-23H,3,12-15H2,1-2H3,(H,28,33)(H,30,31). The van der Waals surface area contributed by atoms with E-state index in [4.69, 9.17) is 9.47 Å². The molecule has 5 rings (SSSR count). The number of amides is 2. The van der Waals surface area contributed by atoms with Gasteiger partial charge in [-0.05, 0) is 42.0 Å². The van der Waals surface area contributed by atoms with Gasteiger partial charge >= 0.3 is 12.1 Å². The highest BCUT2D eigenvalue weighted by atomic mass is 16.5. The summed E-state index contributed by atoms with van der Waals surface area (Å²) in [6.07, 6.45) is 0.156. The van der Waals surface area contributed by atoms with Crippen LogP contribution in [0.2, 0.25) is 0 Å². The van der Waals surface area contributed by atoms with Gasteiger partial charge in [-0.25, -0.2) is 9.59 Å². The van der Waals surface area contributed by atoms with E-state index in [0.717, 1.165) is 22.3 Å². The van der Waals surface area contributed by atoms with Crippen LogP contribution in [0.25, 0.3) is 11.1 Å². The number of hydrogen-bond acceptors (Lipinski definition) is 5. The van der Waals surface area contributed by atoms with Gasteiger partial charge in [0.25, 0.3) is 0 Å². The molecule has 2 saturated heterocycles. The number of carboxylic acids is 1. The summed E-state index contributed by atoms with van der Waals surface area (Å²) in [5.41, 5.74) is 3.17. The Morgan fingerprint density at radius 1 is 1.11 bits per heavy atom. The van der Waals surface area contributed by atoms with E-state index in [0.29, 0.717) is 13.0 Å². The van der Waals surface area contributed by atoms with E-state index in [1.165, 1.54) is 4.90 Å². The van der Waals surface area contributed by atoms with Gasteiger partial charge in [-0.3, -0.25) is 4.79 Å². The molecule has 4 atom stereocenters. The highest BCUT2D eigenvalue weighted by Gasteiger charge is 2.53. The van der Waals surface area contributed by atoms with E-state index >= 15 is 0 Å². The number of rotatable bonds is 6. The molecule has 2 aromatic rings. The fourth-order valence-corrected chi connectivity index (χ4v) is 5.69. The third kappa shape index (κ3) is 3.95. The monoisotopic (exact) mass is 478 g/mol. The van der Waals surface area contributed by atoms with Crippen molar-refractivity contribution in [2.45, 2.75) is 62.8 Å². The van der Waals surface area contributed by atoms with E-state index < -0.39 is 29.6 Å². The van der Waals surface area contributed by atoms with Gasteiger partial charge in [-0.1, -0.05) is 55.5 Å². The summed E-state index contributed by atoms with van der Waals surface area (Å²) in [5.74, 6) is -1.57. The summed E-state index contributed by atoms with van der Waals surface area (Å²) in [4.78, 5) is 39.8. The second-order valence-corrected chi connectivity index (χ2v) is 9.70. The Morgan fingerprint density at radius 2 is 1.74 bits per heavy atom. The van der Waals surface area contributed by atoms with Crippen molar-refractivity contribution in [1.29, 1.82) is 0 Å². The van der Waals surface area contributed by atoms with Gasteiger partial charge in [0.1, 0.15) is 18.2 Å². The SMILES string of the molecule is CCC(C)(NC(=O)OCC1c2ccccc2-c2ccccc21)C(=O)N1C(C(=O)O)CC2OCCC21. The van der Waals surface area contributed by atoms with E-state index in [1.807, 2.05) is 36.4 Å². The molecule has 3 aliphatic rings. The van der Waals surface area contributed by atoms with Crippen LogP contribution in [0, 0.1) is 0 Å². The summed E-state index contributed by atoms with van der Waals surface area (Å²) < 4.78 is 11.3. The Balaban J connectivity index is 1.30. The number of carbonyl (C=O) groups is 3. The van der Waals surface area contributed by atoms with Crippen molar-refractivity contribution in [1.82, 2.24) is 10.2 Å². The van der Waals surface area contributed by atoms with Crippen LogP contribution in [0.15, 0.2) is 48.5 Å². The number of nitrogens with zero attached hydrogens (tertiary/aromatic N) is 1. The van der Waals surface area contributed by atoms with Crippen LogP contribution in [0.5, 0.6) is 0 Å². The highest BCUT2D eigenvalue weighted by molar-refractivity contribution is 5.93. The van der Waals surface area contributed by atoms with Crippen LogP contribution in [-0.4, -0.2) is 64.9 Å². The number of fused-ring (bicyclic) bond motifs is 4. The zero-order chi connectivity index (χ0) is 24.7. The number of alkyl carbamates (subject to hydrolysis) is 1. The number of hydrogen-bond donors (Lipinski definition) is 2. The van der Waals surface area contributed by atoms with Gasteiger partial charge in [-0.2, -0.15) is 0 Å². The molecule has 2 fully saturated rings. The van der Waals surface area contributed by atoms with Crippen LogP contribution in [0.3, 0.4) is 0 Å². The Hall–Kier alpha value is -3.39. The van der Waals surface area contributed by atoms with E-state index in [9.17, 15) is 19.5 Å². The summed E-state index contributed by atoms with van der Waals surface area (Å²) in [6, 6.07) is 14.9. The molecule has 8 nitrogen and oxygen atoms in total. The van der Waals surface area contributed by atoms with E-state index in [-0.39, 0.29) is 37.5 Å². The van der Waals surface area contributed by atoms with Crippen LogP contribution in [0.1, 0.15) is 50.2 Å². The normalized spacial score (nSPS) is 24.3. The van der Waals surface area contributed by atoms with Crippen LogP contribution in [-0.2, 0) is 19.1 Å². The number of carbonyl (C=O) groups excluding carboxylic acids is 2. The van der Waals surface area contributed by atoms with Gasteiger partial charge in [0.05, 0.1) is 12.1 Å². The average molecular weight is 479 g/mol. The van der Waals surface area contributed by atoms with Crippen molar-refractivity contribution in [2.75, 3.05) is 13.2 Å². The van der Waals surface area contributed by atoms with Crippen LogP contribution in [0.4, 0.5) is 4.79 Å². The molecule has 0 bridgehead atoms. The lowest BCUT2D eigenvalue weighted by Crippen LogP contribution is -2.61. The van der Waals surface area contributed by atoms with Crippen molar-refractivity contribution in [3.63, 3.8) is 0 Å². The first kappa shape index (κ1) is 23.4. The molecule has 0 saturated carbocycles. The molecular weight excluding hydrogens is 448 g/mol. The molecule has 0 radical (unpaired) electrons. The minimum absolute atomic E-state index is 0.0943. The molecule has 2 aliphatic heterocycles. The first-order chi connectivity index (χ1) is 16.8. The zero-order valence-corrected chi connectivity index (χ0v) is 19.9. The lowest BCUT2D eigenvalue weighted by Gasteiger charge is -2.36. The van der Waals surface area contributed by atoms with Crippen molar-refractivity contribution in [3.8, 4) is 11.1 Å². The Morgan fingerprint density at radius 3 is 2.34 bits per heavy atom. The zero-order valence-electron chi connectivity index (χ0n) is 19.9. The van der Waals surface area contributed by atoms with Crippen molar-refractivity contribution in [2.24, 2.45) is 0 Å². The third-order valence-corrected chi connectivity index (χ3v) is 7.74. The Labute approximate surface area is 204 Å². The second kappa shape index (κ2) is 9.00. The van der Waals surface area contributed by atoms with Gasteiger partial charge in [0.15, 0.2) is 0 Å². The second-order valence-electron chi connectivity index (χ2n) is 9.70. The average Bonchev–Trinajstić information content (AvgIpc) is 3.54. The molecule has 0 spiro atoms. The first-order valence-corrected chi connectivity index (χ1v) is 12.1. The minimum Gasteiger partial charge on any atom is -0.480 e. The van der Waals surface area contributed by atoms with Crippen LogP contribution >= 0.6 is 0 Å². The van der Waals surface area contributed by atoms with E-state index in [2.05, 4.69) is 17.4 Å². The summed E-state index contributed by atoms with van der Waals surface area (Å²) in [6.45, 7) is 4.04. The van der Waals surface area contributed by atoms with Crippen LogP contribution < -0.4 is 5.32 Å². The van der Waals surface area contributed by atoms with Crippen molar-refractivity contribution in [3.05, 3.63) is 59.7 Å². The van der Waals surface area contributed by atoms with Gasteiger partial charge in [0.2, 0.25) is 5.91 Å². The lowest BCUT2D eigenvalue weighted by molar-refractivity contribution is -0.152. The van der Waals surface area contributed by atoms with E-state index in [1.54, 1.807) is 13.8 Å². The number of aliphatic carboxylic acids is 1. The third-order valence-electron chi connectivity index (χ3n) is 7.74. The number of benzene rings is 2. The molecule has 2 amide bonds. The number of nitrogens with one attached hydrogen (secondary N) is 1. The highest BCUT2D eigenvalue weighted by Crippen LogP contribution is 2.44. The largest absolute Gasteiger partial charge is 0.480 e.